The molecule has 2 aromatic rings. The van der Waals surface area contributed by atoms with Crippen molar-refractivity contribution in [2.45, 2.75) is 12.0 Å². The number of carbonyl (C=O) groups excluding carboxylic acids is 2. The van der Waals surface area contributed by atoms with Crippen LogP contribution in [0.5, 0.6) is 5.75 Å². The molecule has 0 bridgehead atoms. The number of amides is 1. The first-order valence-corrected chi connectivity index (χ1v) is 7.66. The van der Waals surface area contributed by atoms with Gasteiger partial charge in [0.15, 0.2) is 0 Å². The summed E-state index contributed by atoms with van der Waals surface area (Å²) >= 11 is 0. The molecule has 0 fully saturated rings. The normalized spacial score (nSPS) is 19.6. The Morgan fingerprint density at radius 2 is 1.79 bits per heavy atom. The highest BCUT2D eigenvalue weighted by Gasteiger charge is 2.43. The van der Waals surface area contributed by atoms with Crippen molar-refractivity contribution in [2.24, 2.45) is 0 Å². The first-order valence-electron chi connectivity index (χ1n) is 7.66. The van der Waals surface area contributed by atoms with Crippen molar-refractivity contribution in [3.05, 3.63) is 65.2 Å². The van der Waals surface area contributed by atoms with Gasteiger partial charge in [-0.05, 0) is 29.3 Å². The quantitative estimate of drug-likeness (QED) is 0.814. The Labute approximate surface area is 140 Å². The van der Waals surface area contributed by atoms with E-state index in [0.717, 1.165) is 11.1 Å². The maximum atomic E-state index is 12.7. The lowest BCUT2D eigenvalue weighted by Gasteiger charge is -2.38. The molecule has 3 rings (SSSR count). The van der Waals surface area contributed by atoms with Crippen molar-refractivity contribution in [1.82, 2.24) is 4.90 Å². The van der Waals surface area contributed by atoms with Gasteiger partial charge in [-0.2, -0.15) is 0 Å². The Kier molecular flexibility index (Phi) is 4.25. The summed E-state index contributed by atoms with van der Waals surface area (Å²) in [5, 5.41) is 0. The van der Waals surface area contributed by atoms with E-state index in [-0.39, 0.29) is 11.8 Å². The second-order valence-electron chi connectivity index (χ2n) is 5.73. The van der Waals surface area contributed by atoms with Gasteiger partial charge in [-0.1, -0.05) is 30.3 Å². The summed E-state index contributed by atoms with van der Waals surface area (Å²) in [4.78, 5) is 26.6. The van der Waals surface area contributed by atoms with E-state index in [4.69, 9.17) is 9.47 Å². The summed E-state index contributed by atoms with van der Waals surface area (Å²) in [6.45, 7) is 0. The summed E-state index contributed by atoms with van der Waals surface area (Å²) in [5.74, 6) is -0.300. The van der Waals surface area contributed by atoms with Crippen molar-refractivity contribution >= 4 is 11.9 Å². The van der Waals surface area contributed by atoms with Crippen LogP contribution in [0.2, 0.25) is 0 Å². The van der Waals surface area contributed by atoms with Crippen molar-refractivity contribution in [3.63, 3.8) is 0 Å². The predicted octanol–water partition coefficient (Wildman–Crippen LogP) is 2.45. The second-order valence-corrected chi connectivity index (χ2v) is 5.73. The lowest BCUT2D eigenvalue weighted by molar-refractivity contribution is -0.146. The smallest absolute Gasteiger partial charge is 0.329 e. The molecule has 124 valence electrons. The molecule has 0 aliphatic carbocycles. The molecule has 5 heteroatoms. The summed E-state index contributed by atoms with van der Waals surface area (Å²) in [6.07, 6.45) is 0. The van der Waals surface area contributed by atoms with Crippen LogP contribution in [0, 0.1) is 0 Å². The van der Waals surface area contributed by atoms with E-state index in [2.05, 4.69) is 0 Å². The lowest BCUT2D eigenvalue weighted by Crippen LogP contribution is -2.50. The van der Waals surface area contributed by atoms with Crippen LogP contribution in [0.15, 0.2) is 48.5 Å². The second kappa shape index (κ2) is 6.35. The summed E-state index contributed by atoms with van der Waals surface area (Å²) < 4.78 is 10.3. The highest BCUT2D eigenvalue weighted by atomic mass is 16.5. The number of likely N-dealkylation sites (N-methyl/N-ethyl adjacent to an activating group) is 1. The number of benzene rings is 2. The van der Waals surface area contributed by atoms with Gasteiger partial charge < -0.3 is 14.4 Å². The number of ether oxygens (including phenoxy) is 2. The fraction of sp³-hybridized carbons (Fsp3) is 0.263. The summed E-state index contributed by atoms with van der Waals surface area (Å²) in [5.41, 5.74) is 2.30. The molecule has 0 radical (unpaired) electrons. The zero-order chi connectivity index (χ0) is 17.3. The molecule has 0 saturated carbocycles. The van der Waals surface area contributed by atoms with Crippen LogP contribution >= 0.6 is 0 Å². The van der Waals surface area contributed by atoms with Crippen molar-refractivity contribution < 1.29 is 19.1 Å². The van der Waals surface area contributed by atoms with E-state index in [1.807, 2.05) is 36.4 Å². The molecule has 1 heterocycles. The molecule has 1 aliphatic rings. The maximum Gasteiger partial charge on any atom is 0.329 e. The molecule has 0 saturated heterocycles. The Morgan fingerprint density at radius 3 is 2.42 bits per heavy atom. The van der Waals surface area contributed by atoms with E-state index < -0.39 is 12.0 Å². The predicted molar refractivity (Wildman–Crippen MR) is 89.2 cm³/mol. The fourth-order valence-corrected chi connectivity index (χ4v) is 3.27. The molecule has 2 unspecified atom stereocenters. The molecule has 2 atom stereocenters. The molecular formula is C19H19NO4. The van der Waals surface area contributed by atoms with Gasteiger partial charge in [-0.25, -0.2) is 4.79 Å². The van der Waals surface area contributed by atoms with Gasteiger partial charge in [0.25, 0.3) is 5.91 Å². The van der Waals surface area contributed by atoms with Crippen LogP contribution in [-0.4, -0.2) is 44.1 Å². The fourth-order valence-electron chi connectivity index (χ4n) is 3.27. The Bertz CT molecular complexity index is 772. The van der Waals surface area contributed by atoms with E-state index in [9.17, 15) is 9.59 Å². The molecule has 0 aromatic heterocycles. The minimum Gasteiger partial charge on any atom is -0.497 e. The molecule has 5 nitrogen and oxygen atoms in total. The third-order valence-corrected chi connectivity index (χ3v) is 4.48. The number of carbonyl (C=O) groups is 2. The van der Waals surface area contributed by atoms with Gasteiger partial charge in [-0.15, -0.1) is 0 Å². The van der Waals surface area contributed by atoms with E-state index in [0.29, 0.717) is 11.3 Å². The summed E-state index contributed by atoms with van der Waals surface area (Å²) in [7, 11) is 4.55. The topological polar surface area (TPSA) is 55.8 Å². The number of methoxy groups -OCH3 is 2. The van der Waals surface area contributed by atoms with Crippen LogP contribution in [0.3, 0.4) is 0 Å². The number of nitrogens with zero attached hydrogens (tertiary/aromatic N) is 1. The molecule has 0 spiro atoms. The first-order chi connectivity index (χ1) is 11.6. The molecule has 1 amide bonds. The molecule has 24 heavy (non-hydrogen) atoms. The summed E-state index contributed by atoms with van der Waals surface area (Å²) in [6, 6.07) is 14.3. The van der Waals surface area contributed by atoms with Gasteiger partial charge >= 0.3 is 5.97 Å². The minimum atomic E-state index is -0.718. The zero-order valence-electron chi connectivity index (χ0n) is 13.9. The van der Waals surface area contributed by atoms with Crippen molar-refractivity contribution in [1.29, 1.82) is 0 Å². The van der Waals surface area contributed by atoms with Crippen LogP contribution in [0.4, 0.5) is 0 Å². The monoisotopic (exact) mass is 325 g/mol. The Balaban J connectivity index is 2.25. The Hall–Kier alpha value is -2.82. The minimum absolute atomic E-state index is 0.199. The average Bonchev–Trinajstić information content (AvgIpc) is 2.64. The standard InChI is InChI=1S/C19H19NO4/c1-20-17(19(22)24-3)16(12-7-5-4-6-8-12)15-11-13(23-2)9-10-14(15)18(20)21/h4-11,16-17H,1-3H3. The highest BCUT2D eigenvalue weighted by molar-refractivity contribution is 6.01. The van der Waals surface area contributed by atoms with Crippen LogP contribution < -0.4 is 4.74 Å². The Morgan fingerprint density at radius 1 is 1.08 bits per heavy atom. The van der Waals surface area contributed by atoms with Crippen molar-refractivity contribution in [2.75, 3.05) is 21.3 Å². The largest absolute Gasteiger partial charge is 0.497 e. The van der Waals surface area contributed by atoms with Crippen LogP contribution in [-0.2, 0) is 9.53 Å². The molecule has 0 N–H and O–H groups in total. The number of hydrogen-bond acceptors (Lipinski definition) is 4. The van der Waals surface area contributed by atoms with Crippen LogP contribution in [0.1, 0.15) is 27.4 Å². The number of rotatable bonds is 3. The zero-order valence-corrected chi connectivity index (χ0v) is 13.9. The van der Waals surface area contributed by atoms with Gasteiger partial charge in [0.1, 0.15) is 11.8 Å². The highest BCUT2D eigenvalue weighted by Crippen LogP contribution is 2.39. The van der Waals surface area contributed by atoms with E-state index in [1.54, 1.807) is 26.3 Å². The number of fused-ring (bicyclic) bond motifs is 1. The third-order valence-electron chi connectivity index (χ3n) is 4.48. The van der Waals surface area contributed by atoms with Crippen molar-refractivity contribution in [3.8, 4) is 5.75 Å². The van der Waals surface area contributed by atoms with E-state index >= 15 is 0 Å². The van der Waals surface area contributed by atoms with Gasteiger partial charge in [-0.3, -0.25) is 4.79 Å². The van der Waals surface area contributed by atoms with Gasteiger partial charge in [0.05, 0.1) is 14.2 Å². The maximum absolute atomic E-state index is 12.7. The van der Waals surface area contributed by atoms with Gasteiger partial charge in [0.2, 0.25) is 0 Å². The lowest BCUT2D eigenvalue weighted by atomic mass is 9.78. The molecular weight excluding hydrogens is 306 g/mol. The SMILES string of the molecule is COC(=O)C1C(c2ccccc2)c2cc(OC)ccc2C(=O)N1C. The average molecular weight is 325 g/mol. The van der Waals surface area contributed by atoms with E-state index in [1.165, 1.54) is 12.0 Å². The van der Waals surface area contributed by atoms with Gasteiger partial charge in [0, 0.05) is 18.5 Å². The number of hydrogen-bond donors (Lipinski definition) is 0. The molecule has 2 aromatic carbocycles. The third kappa shape index (κ3) is 2.52. The van der Waals surface area contributed by atoms with Crippen LogP contribution in [0.25, 0.3) is 0 Å². The molecule has 1 aliphatic heterocycles. The first kappa shape index (κ1) is 16.1. The number of esters is 1.